The highest BCUT2D eigenvalue weighted by atomic mass is 16.5. The number of nitrogens with zero attached hydrogens (tertiary/aromatic N) is 1. The van der Waals surface area contributed by atoms with Gasteiger partial charge in [-0.3, -0.25) is 0 Å². The number of unbranched alkanes of at least 4 members (excludes halogenated alkanes) is 1. The monoisotopic (exact) mass is 169 g/mol. The van der Waals surface area contributed by atoms with Gasteiger partial charge in [0.25, 0.3) is 0 Å². The highest BCUT2D eigenvalue weighted by Crippen LogP contribution is 2.01. The number of hydrogen-bond donors (Lipinski definition) is 0. The standard InChI is InChI=1S/C8H11NO3/c1-3-4-5-7(9-6-10)8(11)12-2/h5H,3-4H2,1-2H3/b7-5+. The Hall–Kier alpha value is -1.41. The first kappa shape index (κ1) is 10.6. The number of aliphatic imine (C=N–C) groups is 1. The van der Waals surface area contributed by atoms with Crippen molar-refractivity contribution in [3.8, 4) is 0 Å². The van der Waals surface area contributed by atoms with Gasteiger partial charge in [0, 0.05) is 0 Å². The molecule has 0 aromatic rings. The minimum Gasteiger partial charge on any atom is -0.464 e. The molecule has 66 valence electrons. The quantitative estimate of drug-likeness (QED) is 0.275. The van der Waals surface area contributed by atoms with Crippen LogP contribution in [-0.4, -0.2) is 19.2 Å². The molecule has 0 saturated heterocycles. The van der Waals surface area contributed by atoms with Crippen molar-refractivity contribution in [3.63, 3.8) is 0 Å². The average molecular weight is 169 g/mol. The third-order valence-corrected chi connectivity index (χ3v) is 1.19. The lowest BCUT2D eigenvalue weighted by Gasteiger charge is -1.95. The molecule has 0 atom stereocenters. The predicted molar refractivity (Wildman–Crippen MR) is 43.1 cm³/mol. The van der Waals surface area contributed by atoms with Crippen LogP contribution >= 0.6 is 0 Å². The van der Waals surface area contributed by atoms with Crippen LogP contribution in [0.15, 0.2) is 16.8 Å². The van der Waals surface area contributed by atoms with E-state index in [1.54, 1.807) is 6.08 Å². The maximum atomic E-state index is 10.8. The van der Waals surface area contributed by atoms with Crippen LogP contribution in [-0.2, 0) is 14.3 Å². The number of isocyanates is 1. The van der Waals surface area contributed by atoms with Crippen LogP contribution in [0, 0.1) is 0 Å². The maximum Gasteiger partial charge on any atom is 0.357 e. The SMILES string of the molecule is CCC/C=C(/N=C=O)C(=O)OC. The zero-order chi connectivity index (χ0) is 9.40. The van der Waals surface area contributed by atoms with E-state index in [0.29, 0.717) is 6.42 Å². The Morgan fingerprint density at radius 2 is 2.33 bits per heavy atom. The number of allylic oxidation sites excluding steroid dienone is 1. The lowest BCUT2D eigenvalue weighted by molar-refractivity contribution is -0.136. The molecule has 0 N–H and O–H groups in total. The second kappa shape index (κ2) is 6.31. The molecular weight excluding hydrogens is 158 g/mol. The van der Waals surface area contributed by atoms with Crippen LogP contribution < -0.4 is 0 Å². The number of methoxy groups -OCH3 is 1. The molecule has 0 radical (unpaired) electrons. The topological polar surface area (TPSA) is 55.7 Å². The third kappa shape index (κ3) is 3.68. The van der Waals surface area contributed by atoms with Gasteiger partial charge in [0.1, 0.15) is 0 Å². The summed E-state index contributed by atoms with van der Waals surface area (Å²) in [4.78, 5) is 23.9. The summed E-state index contributed by atoms with van der Waals surface area (Å²) in [5, 5.41) is 0. The number of carbonyl (C=O) groups is 1. The van der Waals surface area contributed by atoms with E-state index in [9.17, 15) is 9.59 Å². The fraction of sp³-hybridized carbons (Fsp3) is 0.500. The van der Waals surface area contributed by atoms with Crippen molar-refractivity contribution < 1.29 is 14.3 Å². The molecule has 0 heterocycles. The van der Waals surface area contributed by atoms with Crippen LogP contribution in [0.4, 0.5) is 0 Å². The molecule has 0 aromatic carbocycles. The predicted octanol–water partition coefficient (Wildman–Crippen LogP) is 1.18. The first-order valence-corrected chi connectivity index (χ1v) is 3.62. The fourth-order valence-electron chi connectivity index (χ4n) is 0.609. The van der Waals surface area contributed by atoms with E-state index in [1.165, 1.54) is 13.2 Å². The number of ether oxygens (including phenoxy) is 1. The molecule has 12 heavy (non-hydrogen) atoms. The van der Waals surface area contributed by atoms with Crippen LogP contribution in [0.2, 0.25) is 0 Å². The van der Waals surface area contributed by atoms with Gasteiger partial charge >= 0.3 is 5.97 Å². The van der Waals surface area contributed by atoms with Gasteiger partial charge in [-0.1, -0.05) is 19.4 Å². The highest BCUT2D eigenvalue weighted by molar-refractivity contribution is 5.88. The summed E-state index contributed by atoms with van der Waals surface area (Å²) in [6.45, 7) is 1.95. The summed E-state index contributed by atoms with van der Waals surface area (Å²) < 4.78 is 4.38. The zero-order valence-electron chi connectivity index (χ0n) is 7.16. The van der Waals surface area contributed by atoms with Gasteiger partial charge in [-0.2, -0.15) is 4.99 Å². The van der Waals surface area contributed by atoms with E-state index in [1.807, 2.05) is 6.92 Å². The van der Waals surface area contributed by atoms with Crippen molar-refractivity contribution in [1.29, 1.82) is 0 Å². The van der Waals surface area contributed by atoms with Gasteiger partial charge < -0.3 is 4.74 Å². The fourth-order valence-corrected chi connectivity index (χ4v) is 0.609. The van der Waals surface area contributed by atoms with Gasteiger partial charge in [0.2, 0.25) is 6.08 Å². The second-order valence-electron chi connectivity index (χ2n) is 2.07. The number of carbonyl (C=O) groups excluding carboxylic acids is 2. The highest BCUT2D eigenvalue weighted by Gasteiger charge is 2.06. The van der Waals surface area contributed by atoms with Crippen molar-refractivity contribution in [1.82, 2.24) is 0 Å². The lowest BCUT2D eigenvalue weighted by atomic mass is 10.3. The smallest absolute Gasteiger partial charge is 0.357 e. The molecular formula is C8H11NO3. The average Bonchev–Trinajstić information content (AvgIpc) is 2.11. The largest absolute Gasteiger partial charge is 0.464 e. The molecule has 0 fully saturated rings. The summed E-state index contributed by atoms with van der Waals surface area (Å²) in [6, 6.07) is 0. The van der Waals surface area contributed by atoms with Crippen molar-refractivity contribution >= 4 is 12.0 Å². The number of hydrogen-bond acceptors (Lipinski definition) is 4. The number of rotatable bonds is 4. The summed E-state index contributed by atoms with van der Waals surface area (Å²) >= 11 is 0. The summed E-state index contributed by atoms with van der Waals surface area (Å²) in [5.41, 5.74) is 0.0225. The first-order chi connectivity index (χ1) is 5.76. The first-order valence-electron chi connectivity index (χ1n) is 3.62. The van der Waals surface area contributed by atoms with Crippen molar-refractivity contribution in [2.75, 3.05) is 7.11 Å². The van der Waals surface area contributed by atoms with Crippen molar-refractivity contribution in [3.05, 3.63) is 11.8 Å². The van der Waals surface area contributed by atoms with Crippen LogP contribution in [0.1, 0.15) is 19.8 Å². The molecule has 0 spiro atoms. The molecule has 0 aliphatic rings. The summed E-state index contributed by atoms with van der Waals surface area (Å²) in [6.07, 6.45) is 4.42. The molecule has 0 rings (SSSR count). The Balaban J connectivity index is 4.42. The second-order valence-corrected chi connectivity index (χ2v) is 2.07. The maximum absolute atomic E-state index is 10.8. The van der Waals surface area contributed by atoms with Gasteiger partial charge in [0.15, 0.2) is 5.70 Å². The van der Waals surface area contributed by atoms with E-state index < -0.39 is 5.97 Å². The minimum absolute atomic E-state index is 0.0225. The Morgan fingerprint density at radius 3 is 2.75 bits per heavy atom. The molecule has 0 aromatic heterocycles. The molecule has 0 saturated carbocycles. The number of esters is 1. The van der Waals surface area contributed by atoms with Crippen LogP contribution in [0.3, 0.4) is 0 Å². The molecule has 0 aliphatic heterocycles. The zero-order valence-corrected chi connectivity index (χ0v) is 7.16. The normalized spacial score (nSPS) is 10.3. The van der Waals surface area contributed by atoms with Crippen LogP contribution in [0.5, 0.6) is 0 Å². The molecule has 0 amide bonds. The van der Waals surface area contributed by atoms with E-state index in [2.05, 4.69) is 9.73 Å². The van der Waals surface area contributed by atoms with E-state index in [-0.39, 0.29) is 5.70 Å². The minimum atomic E-state index is -0.605. The molecule has 4 heteroatoms. The van der Waals surface area contributed by atoms with Crippen molar-refractivity contribution in [2.45, 2.75) is 19.8 Å². The molecule has 0 aliphatic carbocycles. The Labute approximate surface area is 70.9 Å². The third-order valence-electron chi connectivity index (χ3n) is 1.19. The van der Waals surface area contributed by atoms with E-state index in [0.717, 1.165) is 6.42 Å². The van der Waals surface area contributed by atoms with Gasteiger partial charge in [0.05, 0.1) is 7.11 Å². The van der Waals surface area contributed by atoms with Crippen molar-refractivity contribution in [2.24, 2.45) is 4.99 Å². The summed E-state index contributed by atoms with van der Waals surface area (Å²) in [7, 11) is 1.24. The summed E-state index contributed by atoms with van der Waals surface area (Å²) in [5.74, 6) is -0.605. The lowest BCUT2D eigenvalue weighted by Crippen LogP contribution is -2.02. The molecule has 4 nitrogen and oxygen atoms in total. The van der Waals surface area contributed by atoms with Gasteiger partial charge in [-0.15, -0.1) is 0 Å². The van der Waals surface area contributed by atoms with E-state index >= 15 is 0 Å². The molecule has 0 unspecified atom stereocenters. The Kier molecular flexibility index (Phi) is 5.57. The molecule has 0 bridgehead atoms. The Morgan fingerprint density at radius 1 is 1.67 bits per heavy atom. The van der Waals surface area contributed by atoms with Crippen LogP contribution in [0.25, 0.3) is 0 Å². The van der Waals surface area contributed by atoms with Gasteiger partial charge in [-0.25, -0.2) is 9.59 Å². The van der Waals surface area contributed by atoms with E-state index in [4.69, 9.17) is 0 Å². The van der Waals surface area contributed by atoms with Gasteiger partial charge in [-0.05, 0) is 6.42 Å². The Bertz CT molecular complexity index is 226.